The maximum atomic E-state index is 4.90. The summed E-state index contributed by atoms with van der Waals surface area (Å²) in [6, 6.07) is 15.4. The molecule has 0 unspecified atom stereocenters. The monoisotopic (exact) mass is 925 g/mol. The van der Waals surface area contributed by atoms with Gasteiger partial charge in [0.05, 0.1) is 11.0 Å². The molecule has 1 aromatic carbocycles. The van der Waals surface area contributed by atoms with E-state index >= 15 is 0 Å². The van der Waals surface area contributed by atoms with Gasteiger partial charge in [-0.25, -0.2) is 14.6 Å². The smallest absolute Gasteiger partial charge is 0.237 e. The number of H-pyrrole nitrogens is 11. The number of fused-ring (bicyclic) bond motifs is 1. The zero-order chi connectivity index (χ0) is 40.1. The lowest BCUT2D eigenvalue weighted by Crippen LogP contribution is -1.88. The summed E-state index contributed by atoms with van der Waals surface area (Å²) in [4.78, 5) is 27.3. The van der Waals surface area contributed by atoms with Crippen molar-refractivity contribution in [1.82, 2.24) is 85.5 Å². The third-order valence-corrected chi connectivity index (χ3v) is 8.44. The number of aromatic nitrogens is 17. The van der Waals surface area contributed by atoms with Crippen LogP contribution >= 0.6 is 120 Å². The predicted octanol–water partition coefficient (Wildman–Crippen LogP) is 9.53. The molecule has 0 atom stereocenters. The maximum Gasteiger partial charge on any atom is 0.237 e. The molecule has 17 nitrogen and oxygen atoms in total. The number of aromatic amines is 11. The minimum absolute atomic E-state index is 0.472. The average molecular weight is 926 g/mol. The van der Waals surface area contributed by atoms with E-state index in [4.69, 9.17) is 36.7 Å². The minimum Gasteiger partial charge on any atom is -0.353 e. The first-order valence-electron chi connectivity index (χ1n) is 14.7. The highest BCUT2D eigenvalue weighted by Crippen LogP contribution is 2.07. The quantitative estimate of drug-likeness (QED) is 0.0636. The van der Waals surface area contributed by atoms with Gasteiger partial charge in [-0.1, -0.05) is 52.1 Å². The van der Waals surface area contributed by atoms with E-state index in [2.05, 4.69) is 142 Å². The maximum absolute atomic E-state index is 4.90. The summed E-state index contributed by atoms with van der Waals surface area (Å²) in [6.07, 6.45) is 12.0. The Morgan fingerprint density at radius 2 is 1.33 bits per heavy atom. The van der Waals surface area contributed by atoms with Crippen LogP contribution in [0.25, 0.3) is 11.0 Å². The Morgan fingerprint density at radius 1 is 0.636 bits per heavy atom. The van der Waals surface area contributed by atoms with E-state index < -0.39 is 0 Å². The fraction of sp³-hybridized carbons (Fsp3) is 0.0357. The predicted molar refractivity (Wildman–Crippen MR) is 237 cm³/mol. The fourth-order valence-corrected chi connectivity index (χ4v) is 4.76. The summed E-state index contributed by atoms with van der Waals surface area (Å²) in [5.41, 5.74) is 3.79. The van der Waals surface area contributed by atoms with Gasteiger partial charge in [0.1, 0.15) is 16.5 Å². The highest BCUT2D eigenvalue weighted by atomic mass is 32.2. The molecule has 11 N–H and O–H groups in total. The molecule has 8 aromatic heterocycles. The highest BCUT2D eigenvalue weighted by Gasteiger charge is 1.90. The van der Waals surface area contributed by atoms with Crippen LogP contribution in [0.4, 0.5) is 0 Å². The molecule has 0 saturated carbocycles. The van der Waals surface area contributed by atoms with Crippen molar-refractivity contribution in [2.45, 2.75) is 0 Å². The van der Waals surface area contributed by atoms with E-state index in [-0.39, 0.29) is 0 Å². The van der Waals surface area contributed by atoms with Crippen molar-refractivity contribution in [1.29, 1.82) is 0 Å². The van der Waals surface area contributed by atoms with Crippen molar-refractivity contribution in [2.24, 2.45) is 7.05 Å². The van der Waals surface area contributed by atoms with E-state index in [9.17, 15) is 0 Å². The second-order valence-corrected chi connectivity index (χ2v) is 14.5. The van der Waals surface area contributed by atoms with Gasteiger partial charge in [0.25, 0.3) is 0 Å². The van der Waals surface area contributed by atoms with Gasteiger partial charge in [-0.05, 0) is 116 Å². The number of aryl methyl sites for hydroxylation is 1. The largest absolute Gasteiger partial charge is 0.353 e. The number of pyridine rings is 1. The second kappa shape index (κ2) is 28.7. The van der Waals surface area contributed by atoms with Crippen molar-refractivity contribution < 1.29 is 0 Å². The van der Waals surface area contributed by atoms with Crippen molar-refractivity contribution >= 4 is 131 Å². The number of tetrazole rings is 1. The molecular weight excluding hydrogens is 895 g/mol. The van der Waals surface area contributed by atoms with Gasteiger partial charge in [-0.2, -0.15) is 10.3 Å². The third-order valence-electron chi connectivity index (χ3n) is 5.05. The molecule has 0 radical (unpaired) electrons. The van der Waals surface area contributed by atoms with E-state index in [1.54, 1.807) is 48.1 Å². The molecule has 0 fully saturated rings. The minimum atomic E-state index is 0.472. The van der Waals surface area contributed by atoms with Crippen LogP contribution in [0.2, 0.25) is 0 Å². The van der Waals surface area contributed by atoms with E-state index in [1.165, 1.54) is 29.0 Å². The fourth-order valence-electron chi connectivity index (χ4n) is 2.81. The Labute approximate surface area is 360 Å². The van der Waals surface area contributed by atoms with Gasteiger partial charge in [-0.15, -0.1) is 11.3 Å². The Bertz CT molecular complexity index is 2410. The Kier molecular flexibility index (Phi) is 24.2. The molecule has 0 amide bonds. The highest BCUT2D eigenvalue weighted by molar-refractivity contribution is 7.73. The number of thiazole rings is 1. The summed E-state index contributed by atoms with van der Waals surface area (Å²) in [7, 11) is 1.75. The van der Waals surface area contributed by atoms with E-state index in [0.717, 1.165) is 23.6 Å². The normalized spacial score (nSPS) is 9.04. The number of rotatable bonds is 0. The van der Waals surface area contributed by atoms with E-state index in [0.29, 0.717) is 23.9 Å². The molecule has 0 saturated heterocycles. The van der Waals surface area contributed by atoms with Gasteiger partial charge in [0.15, 0.2) is 22.2 Å². The molecule has 0 aliphatic carbocycles. The summed E-state index contributed by atoms with van der Waals surface area (Å²) in [5, 5.41) is 22.7. The van der Waals surface area contributed by atoms with Crippen LogP contribution in [0.5, 0.6) is 0 Å². The number of benzene rings is 1. The Balaban J connectivity index is 0.000000219. The van der Waals surface area contributed by atoms with Gasteiger partial charge < -0.3 is 34.9 Å². The standard InChI is InChI=1S/C7H6N2S.C5H5NS.C4H4N2S.C3H4N2S.C3H3NS2.C2H4N4S.C2H3N3S.C2H2N2S2/c10-7-8-5-3-1-2-4-6(5)9-7;7-5-3-1-2-4-6-5;7-4-5-2-1-3-6-4;6-3-4-1-2-5-3;5-3-4-1-2-6-3;1-6-2(7)3-4-5-6;6-2-3-1-4-5-2;5-2-4-3-1-6-2/h1-4H,(H2,8,9,10);1-4H,(H,6,7);1-3H,(H,5,6,7);1-2H,(H2,4,5,6);1-2H,(H,4,5);1H3,(H,3,5,7);1H,(H2,3,4,5,6);1H,(H,4,5). The number of hydrogen-bond donors (Lipinski definition) is 11. The number of nitrogens with one attached hydrogen (secondary N) is 11. The van der Waals surface area contributed by atoms with Gasteiger partial charge >= 0.3 is 0 Å². The summed E-state index contributed by atoms with van der Waals surface area (Å²) < 4.78 is 6.76. The summed E-state index contributed by atoms with van der Waals surface area (Å²) in [5.74, 6) is 0. The lowest BCUT2D eigenvalue weighted by Gasteiger charge is -1.82. The first-order chi connectivity index (χ1) is 26.5. The Morgan fingerprint density at radius 3 is 1.58 bits per heavy atom. The van der Waals surface area contributed by atoms with E-state index in [1.807, 2.05) is 60.2 Å². The molecule has 288 valence electrons. The van der Waals surface area contributed by atoms with Crippen LogP contribution in [0, 0.1) is 36.4 Å². The number of hydrogen-bond acceptors (Lipinski definition) is 15. The lowest BCUT2D eigenvalue weighted by molar-refractivity contribution is 0.705. The SMILES string of the molecule is Cn1[nH]nnc1=S.S=c1[nH]c2ccccc2[nH]1.S=c1[nH]cc[nH]1.S=c1[nH]ccs1.S=c1[nH]ncs1.S=c1cccc[nH]1.S=c1nc[nH][nH]1.S=c1nccc[nH]1. The molecule has 9 aromatic rings. The summed E-state index contributed by atoms with van der Waals surface area (Å²) >= 11 is 40.4. The van der Waals surface area contributed by atoms with Crippen LogP contribution in [-0.2, 0) is 7.05 Å². The second-order valence-electron chi connectivity index (χ2n) is 8.97. The van der Waals surface area contributed by atoms with Crippen molar-refractivity contribution in [3.05, 3.63) is 139 Å². The van der Waals surface area contributed by atoms with Crippen LogP contribution < -0.4 is 0 Å². The molecule has 0 spiro atoms. The molecule has 0 aliphatic rings. The van der Waals surface area contributed by atoms with Gasteiger partial charge in [0.2, 0.25) is 9.54 Å². The van der Waals surface area contributed by atoms with Crippen LogP contribution in [0.3, 0.4) is 0 Å². The van der Waals surface area contributed by atoms with Gasteiger partial charge in [-0.3, -0.25) is 15.3 Å². The molecule has 9 rings (SSSR count). The summed E-state index contributed by atoms with van der Waals surface area (Å²) in [6.45, 7) is 0. The zero-order valence-electron chi connectivity index (χ0n) is 28.1. The number of para-hydroxylation sites is 2. The molecule has 8 heterocycles. The van der Waals surface area contributed by atoms with Crippen LogP contribution in [0.15, 0.2) is 103 Å². The molecular formula is C28H31N17S10. The molecule has 0 aliphatic heterocycles. The molecule has 55 heavy (non-hydrogen) atoms. The lowest BCUT2D eigenvalue weighted by atomic mass is 10.3. The van der Waals surface area contributed by atoms with Crippen molar-refractivity contribution in [3.63, 3.8) is 0 Å². The molecule has 0 bridgehead atoms. The zero-order valence-corrected chi connectivity index (χ0v) is 36.2. The number of nitrogens with zero attached hydrogens (tertiary/aromatic N) is 6. The topological polar surface area (TPSA) is 243 Å². The molecule has 27 heteroatoms. The van der Waals surface area contributed by atoms with Crippen molar-refractivity contribution in [2.75, 3.05) is 0 Å². The first-order valence-corrected chi connectivity index (χ1v) is 19.7. The average Bonchev–Trinajstić information content (AvgIpc) is 4.05. The number of imidazole rings is 2. The first kappa shape index (κ1) is 46.4. The van der Waals surface area contributed by atoms with Crippen LogP contribution in [0.1, 0.15) is 0 Å². The third kappa shape index (κ3) is 23.6. The van der Waals surface area contributed by atoms with Crippen molar-refractivity contribution in [3.8, 4) is 0 Å². The van der Waals surface area contributed by atoms with Crippen LogP contribution in [-0.4, -0.2) is 85.5 Å². The Hall–Kier alpha value is -4.71. The van der Waals surface area contributed by atoms with Gasteiger partial charge in [0, 0.05) is 49.6 Å².